The summed E-state index contributed by atoms with van der Waals surface area (Å²) in [6.07, 6.45) is 1.86. The van der Waals surface area contributed by atoms with Crippen LogP contribution in [0.5, 0.6) is 17.2 Å². The summed E-state index contributed by atoms with van der Waals surface area (Å²) in [6.45, 7) is 9.19. The van der Waals surface area contributed by atoms with Gasteiger partial charge in [-0.2, -0.15) is 0 Å². The number of hydrogen-bond donors (Lipinski definition) is 1. The van der Waals surface area contributed by atoms with E-state index in [9.17, 15) is 0 Å². The van der Waals surface area contributed by atoms with Crippen LogP contribution in [0.1, 0.15) is 16.7 Å². The molecule has 1 aliphatic rings. The number of aromatic nitrogens is 1. The molecule has 1 saturated heterocycles. The van der Waals surface area contributed by atoms with Gasteiger partial charge >= 0.3 is 0 Å². The Morgan fingerprint density at radius 3 is 2.24 bits per heavy atom. The van der Waals surface area contributed by atoms with Gasteiger partial charge < -0.3 is 24.4 Å². The fourth-order valence-electron chi connectivity index (χ4n) is 5.34. The van der Waals surface area contributed by atoms with Crippen LogP contribution in [-0.2, 0) is 13.2 Å². The van der Waals surface area contributed by atoms with Crippen molar-refractivity contribution in [3.05, 3.63) is 102 Å². The minimum atomic E-state index is 0.462. The Morgan fingerprint density at radius 1 is 0.829 bits per heavy atom. The van der Waals surface area contributed by atoms with Gasteiger partial charge in [0.15, 0.2) is 0 Å². The molecule has 0 bridgehead atoms. The highest BCUT2D eigenvalue weighted by Gasteiger charge is 2.18. The van der Waals surface area contributed by atoms with E-state index in [1.54, 1.807) is 14.2 Å². The molecule has 0 atom stereocenters. The van der Waals surface area contributed by atoms with Crippen LogP contribution in [0.2, 0.25) is 0 Å². The Bertz CT molecular complexity index is 1370. The van der Waals surface area contributed by atoms with Gasteiger partial charge in [-0.15, -0.1) is 0 Å². The molecule has 0 unspecified atom stereocenters. The summed E-state index contributed by atoms with van der Waals surface area (Å²) in [5.74, 6) is 3.29. The van der Waals surface area contributed by atoms with E-state index in [1.807, 2.05) is 36.5 Å². The van der Waals surface area contributed by atoms with Crippen LogP contribution in [0.25, 0.3) is 11.1 Å². The molecule has 5 rings (SSSR count). The van der Waals surface area contributed by atoms with Crippen LogP contribution in [0.4, 0.5) is 5.82 Å². The number of nitrogens with one attached hydrogen (secondary N) is 1. The number of ether oxygens (including phenoxy) is 3. The lowest BCUT2D eigenvalue weighted by Crippen LogP contribution is -2.48. The first-order valence-electron chi connectivity index (χ1n) is 14.3. The lowest BCUT2D eigenvalue weighted by molar-refractivity contribution is 0.256. The second-order valence-electron chi connectivity index (χ2n) is 10.2. The van der Waals surface area contributed by atoms with E-state index >= 15 is 0 Å². The lowest BCUT2D eigenvalue weighted by Gasteiger charge is -2.35. The first-order valence-corrected chi connectivity index (χ1v) is 14.3. The van der Waals surface area contributed by atoms with Crippen molar-refractivity contribution in [1.82, 2.24) is 15.2 Å². The summed E-state index contributed by atoms with van der Waals surface area (Å²) in [6, 6.07) is 26.8. The maximum atomic E-state index is 6.25. The Hall–Kier alpha value is -4.07. The maximum absolute atomic E-state index is 6.25. The van der Waals surface area contributed by atoms with E-state index in [4.69, 9.17) is 14.2 Å². The topological polar surface area (TPSA) is 59.1 Å². The summed E-state index contributed by atoms with van der Waals surface area (Å²) < 4.78 is 17.8. The standard InChI is InChI=1S/C34H40N4O3/c1-26-28(12-9-13-30(26)27-10-5-4-6-11-27)25-41-29-22-32(39-2)31(33(23-29)40-3)24-35-16-17-37-18-20-38(21-19-37)34-14-7-8-15-36-34/h4-15,22-23,35H,16-21,24-25H2,1-3H3. The highest BCUT2D eigenvalue weighted by Crippen LogP contribution is 2.35. The van der Waals surface area contributed by atoms with Crippen molar-refractivity contribution in [2.45, 2.75) is 20.1 Å². The van der Waals surface area contributed by atoms with Crippen LogP contribution < -0.4 is 24.4 Å². The summed E-state index contributed by atoms with van der Waals surface area (Å²) in [4.78, 5) is 9.33. The highest BCUT2D eigenvalue weighted by molar-refractivity contribution is 5.68. The van der Waals surface area contributed by atoms with Crippen molar-refractivity contribution >= 4 is 5.82 Å². The number of methoxy groups -OCH3 is 2. The van der Waals surface area contributed by atoms with Crippen molar-refractivity contribution in [3.8, 4) is 28.4 Å². The summed E-state index contributed by atoms with van der Waals surface area (Å²) in [5, 5.41) is 3.58. The van der Waals surface area contributed by atoms with E-state index in [1.165, 1.54) is 16.7 Å². The van der Waals surface area contributed by atoms with E-state index in [-0.39, 0.29) is 0 Å². The van der Waals surface area contributed by atoms with Gasteiger partial charge in [0.1, 0.15) is 29.7 Å². The first-order chi connectivity index (χ1) is 20.2. The molecule has 0 radical (unpaired) electrons. The molecular formula is C34H40N4O3. The smallest absolute Gasteiger partial charge is 0.130 e. The fraction of sp³-hybridized carbons (Fsp3) is 0.324. The van der Waals surface area contributed by atoms with Crippen molar-refractivity contribution in [1.29, 1.82) is 0 Å². The number of piperazine rings is 1. The van der Waals surface area contributed by atoms with Crippen molar-refractivity contribution in [2.24, 2.45) is 0 Å². The second kappa shape index (κ2) is 14.0. The molecule has 7 nitrogen and oxygen atoms in total. The number of pyridine rings is 1. The van der Waals surface area contributed by atoms with Crippen molar-refractivity contribution < 1.29 is 14.2 Å². The molecule has 3 aromatic carbocycles. The number of hydrogen-bond acceptors (Lipinski definition) is 7. The molecule has 1 fully saturated rings. The van der Waals surface area contributed by atoms with E-state index in [0.29, 0.717) is 13.2 Å². The molecule has 1 aliphatic heterocycles. The summed E-state index contributed by atoms with van der Waals surface area (Å²) in [5.41, 5.74) is 5.79. The molecule has 1 N–H and O–H groups in total. The van der Waals surface area contributed by atoms with Gasteiger partial charge in [-0.25, -0.2) is 4.98 Å². The van der Waals surface area contributed by atoms with Gasteiger partial charge in [0.05, 0.1) is 19.8 Å². The van der Waals surface area contributed by atoms with Gasteiger partial charge in [0.2, 0.25) is 0 Å². The molecular weight excluding hydrogens is 512 g/mol. The van der Waals surface area contributed by atoms with E-state index in [0.717, 1.165) is 73.5 Å². The average molecular weight is 553 g/mol. The lowest BCUT2D eigenvalue weighted by atomic mass is 9.97. The van der Waals surface area contributed by atoms with Gasteiger partial charge in [-0.05, 0) is 41.3 Å². The summed E-state index contributed by atoms with van der Waals surface area (Å²) in [7, 11) is 3.38. The number of nitrogens with zero attached hydrogens (tertiary/aromatic N) is 3. The van der Waals surface area contributed by atoms with Gasteiger partial charge in [-0.3, -0.25) is 4.90 Å². The second-order valence-corrected chi connectivity index (χ2v) is 10.2. The first kappa shape index (κ1) is 28.5. The zero-order valence-corrected chi connectivity index (χ0v) is 24.3. The zero-order valence-electron chi connectivity index (χ0n) is 24.3. The predicted octanol–water partition coefficient (Wildman–Crippen LogP) is 5.57. The van der Waals surface area contributed by atoms with Crippen LogP contribution in [0.3, 0.4) is 0 Å². The van der Waals surface area contributed by atoms with Gasteiger partial charge in [0.25, 0.3) is 0 Å². The molecule has 7 heteroatoms. The quantitative estimate of drug-likeness (QED) is 0.231. The normalized spacial score (nSPS) is 13.7. The number of anilines is 1. The van der Waals surface area contributed by atoms with Crippen LogP contribution in [0, 0.1) is 6.92 Å². The molecule has 0 spiro atoms. The minimum Gasteiger partial charge on any atom is -0.496 e. The zero-order chi connectivity index (χ0) is 28.4. The monoisotopic (exact) mass is 552 g/mol. The van der Waals surface area contributed by atoms with Crippen LogP contribution in [-0.4, -0.2) is 63.4 Å². The van der Waals surface area contributed by atoms with Crippen LogP contribution >= 0.6 is 0 Å². The number of rotatable bonds is 12. The third-order valence-corrected chi connectivity index (χ3v) is 7.76. The van der Waals surface area contributed by atoms with Crippen molar-refractivity contribution in [2.75, 3.05) is 58.4 Å². The molecule has 0 saturated carbocycles. The third kappa shape index (κ3) is 7.17. The molecule has 0 amide bonds. The Kier molecular flexibility index (Phi) is 9.73. The van der Waals surface area contributed by atoms with E-state index < -0.39 is 0 Å². The summed E-state index contributed by atoms with van der Waals surface area (Å²) >= 11 is 0. The molecule has 214 valence electrons. The van der Waals surface area contributed by atoms with Gasteiger partial charge in [0, 0.05) is 64.1 Å². The Morgan fingerprint density at radius 2 is 1.56 bits per heavy atom. The number of benzene rings is 3. The fourth-order valence-corrected chi connectivity index (χ4v) is 5.34. The Labute approximate surface area is 243 Å². The molecule has 41 heavy (non-hydrogen) atoms. The minimum absolute atomic E-state index is 0.462. The Balaban J connectivity index is 1.15. The molecule has 1 aromatic heterocycles. The average Bonchev–Trinajstić information content (AvgIpc) is 3.03. The maximum Gasteiger partial charge on any atom is 0.130 e. The molecule has 2 heterocycles. The molecule has 4 aromatic rings. The van der Waals surface area contributed by atoms with E-state index in [2.05, 4.69) is 75.6 Å². The van der Waals surface area contributed by atoms with Crippen LogP contribution in [0.15, 0.2) is 85.1 Å². The SMILES string of the molecule is COc1cc(OCc2cccc(-c3ccccc3)c2C)cc(OC)c1CNCCN1CCN(c2ccccn2)CC1. The highest BCUT2D eigenvalue weighted by atomic mass is 16.5. The molecule has 0 aliphatic carbocycles. The largest absolute Gasteiger partial charge is 0.496 e. The predicted molar refractivity (Wildman–Crippen MR) is 165 cm³/mol. The third-order valence-electron chi connectivity index (χ3n) is 7.76. The van der Waals surface area contributed by atoms with Gasteiger partial charge in [-0.1, -0.05) is 54.6 Å². The van der Waals surface area contributed by atoms with Crippen molar-refractivity contribution in [3.63, 3.8) is 0 Å².